The fourth-order valence-electron chi connectivity index (χ4n) is 2.30. The summed E-state index contributed by atoms with van der Waals surface area (Å²) in [7, 11) is 0. The number of hydrogen-bond acceptors (Lipinski definition) is 4. The van der Waals surface area contributed by atoms with Crippen molar-refractivity contribution in [3.63, 3.8) is 0 Å². The predicted octanol–water partition coefficient (Wildman–Crippen LogP) is 2.96. The molecule has 1 aromatic carbocycles. The lowest BCUT2D eigenvalue weighted by Crippen LogP contribution is -2.46. The van der Waals surface area contributed by atoms with E-state index in [4.69, 9.17) is 14.2 Å². The summed E-state index contributed by atoms with van der Waals surface area (Å²) in [6.45, 7) is 5.65. The Kier molecular flexibility index (Phi) is 6.35. The van der Waals surface area contributed by atoms with Crippen LogP contribution in [0.3, 0.4) is 0 Å². The molecule has 1 fully saturated rings. The summed E-state index contributed by atoms with van der Waals surface area (Å²) in [5.41, 5.74) is 0.784. The second-order valence-corrected chi connectivity index (χ2v) is 6.36. The van der Waals surface area contributed by atoms with Gasteiger partial charge in [0.1, 0.15) is 12.9 Å². The molecule has 0 amide bonds. The van der Waals surface area contributed by atoms with Gasteiger partial charge in [-0.1, -0.05) is 36.3 Å². The highest BCUT2D eigenvalue weighted by molar-refractivity contribution is 5.51. The monoisotopic (exact) mass is 316 g/mol. The fraction of sp³-hybridized carbons (Fsp3) is 0.526. The Hall–Kier alpha value is -1.67. The standard InChI is InChI=1S/C19H24O4/c1-18(2)22-15-19(11-12-20,16-23-18)10-6-7-13-21-14-17-8-4-3-5-9-17/h3-5,8-9,12H,10-11,13-16H2,1-2H3. The van der Waals surface area contributed by atoms with Crippen molar-refractivity contribution in [1.82, 2.24) is 0 Å². The highest BCUT2D eigenvalue weighted by Crippen LogP contribution is 2.34. The van der Waals surface area contributed by atoms with Crippen molar-refractivity contribution in [2.45, 2.75) is 39.1 Å². The van der Waals surface area contributed by atoms with E-state index in [2.05, 4.69) is 11.8 Å². The summed E-state index contributed by atoms with van der Waals surface area (Å²) in [5, 5.41) is 0. The molecule has 1 aliphatic heterocycles. The first-order chi connectivity index (χ1) is 11.1. The van der Waals surface area contributed by atoms with Crippen LogP contribution in [0.1, 0.15) is 32.3 Å². The summed E-state index contributed by atoms with van der Waals surface area (Å²) >= 11 is 0. The molecule has 1 aliphatic rings. The number of hydrogen-bond donors (Lipinski definition) is 0. The largest absolute Gasteiger partial charge is 0.364 e. The number of carbonyl (C=O) groups is 1. The zero-order valence-corrected chi connectivity index (χ0v) is 13.8. The number of aldehydes is 1. The minimum absolute atomic E-state index is 0.344. The van der Waals surface area contributed by atoms with Gasteiger partial charge in [-0.2, -0.15) is 0 Å². The smallest absolute Gasteiger partial charge is 0.162 e. The molecule has 0 aliphatic carbocycles. The van der Waals surface area contributed by atoms with E-state index in [1.54, 1.807) is 0 Å². The first-order valence-corrected chi connectivity index (χ1v) is 7.84. The van der Waals surface area contributed by atoms with E-state index in [1.807, 2.05) is 44.2 Å². The van der Waals surface area contributed by atoms with Gasteiger partial charge in [-0.15, -0.1) is 5.92 Å². The third-order valence-electron chi connectivity index (χ3n) is 3.84. The SMILES string of the molecule is CC1(C)OCC(CC#CCOCc2ccccc2)(CC=O)CO1. The average molecular weight is 316 g/mol. The lowest BCUT2D eigenvalue weighted by atomic mass is 9.82. The third-order valence-corrected chi connectivity index (χ3v) is 3.84. The van der Waals surface area contributed by atoms with Gasteiger partial charge < -0.3 is 19.0 Å². The second kappa shape index (κ2) is 8.26. The summed E-state index contributed by atoms with van der Waals surface area (Å²) in [6.07, 6.45) is 1.87. The molecule has 0 atom stereocenters. The van der Waals surface area contributed by atoms with Gasteiger partial charge in [0.05, 0.1) is 19.8 Å². The Morgan fingerprint density at radius 2 is 1.87 bits per heavy atom. The van der Waals surface area contributed by atoms with E-state index >= 15 is 0 Å². The van der Waals surface area contributed by atoms with Crippen molar-refractivity contribution in [2.24, 2.45) is 5.41 Å². The summed E-state index contributed by atoms with van der Waals surface area (Å²) in [4.78, 5) is 10.9. The zero-order valence-electron chi connectivity index (χ0n) is 13.8. The van der Waals surface area contributed by atoms with Gasteiger partial charge >= 0.3 is 0 Å². The first-order valence-electron chi connectivity index (χ1n) is 7.84. The topological polar surface area (TPSA) is 44.8 Å². The van der Waals surface area contributed by atoms with Crippen molar-refractivity contribution in [3.8, 4) is 11.8 Å². The van der Waals surface area contributed by atoms with Crippen LogP contribution in [0.5, 0.6) is 0 Å². The molecule has 0 unspecified atom stereocenters. The minimum Gasteiger partial charge on any atom is -0.364 e. The molecule has 1 saturated heterocycles. The van der Waals surface area contributed by atoms with Gasteiger partial charge in [0.25, 0.3) is 0 Å². The molecule has 0 bridgehead atoms. The summed E-state index contributed by atoms with van der Waals surface area (Å²) in [6, 6.07) is 9.98. The maximum Gasteiger partial charge on any atom is 0.162 e. The summed E-state index contributed by atoms with van der Waals surface area (Å²) < 4.78 is 16.9. The number of benzene rings is 1. The molecule has 0 saturated carbocycles. The highest BCUT2D eigenvalue weighted by atomic mass is 16.7. The lowest BCUT2D eigenvalue weighted by molar-refractivity contribution is -0.284. The average Bonchev–Trinajstić information content (AvgIpc) is 2.55. The highest BCUT2D eigenvalue weighted by Gasteiger charge is 2.39. The molecule has 23 heavy (non-hydrogen) atoms. The molecule has 0 N–H and O–H groups in total. The van der Waals surface area contributed by atoms with Crippen molar-refractivity contribution in [1.29, 1.82) is 0 Å². The fourth-order valence-corrected chi connectivity index (χ4v) is 2.30. The van der Waals surface area contributed by atoms with E-state index in [0.29, 0.717) is 39.3 Å². The number of rotatable bonds is 6. The van der Waals surface area contributed by atoms with Crippen LogP contribution in [0, 0.1) is 17.3 Å². The van der Waals surface area contributed by atoms with E-state index in [1.165, 1.54) is 0 Å². The molecule has 1 heterocycles. The molecular formula is C19H24O4. The van der Waals surface area contributed by atoms with Gasteiger partial charge in [-0.05, 0) is 19.4 Å². The molecule has 2 rings (SSSR count). The molecular weight excluding hydrogens is 292 g/mol. The van der Waals surface area contributed by atoms with Crippen molar-refractivity contribution in [2.75, 3.05) is 19.8 Å². The molecule has 124 valence electrons. The normalized spacial score (nSPS) is 18.7. The Bertz CT molecular complexity index is 544. The van der Waals surface area contributed by atoms with Crippen LogP contribution in [0.2, 0.25) is 0 Å². The van der Waals surface area contributed by atoms with Gasteiger partial charge in [-0.3, -0.25) is 0 Å². The van der Waals surface area contributed by atoms with E-state index in [-0.39, 0.29) is 5.41 Å². The van der Waals surface area contributed by atoms with E-state index < -0.39 is 5.79 Å². The van der Waals surface area contributed by atoms with Crippen LogP contribution < -0.4 is 0 Å². The molecule has 0 spiro atoms. The molecule has 0 radical (unpaired) electrons. The number of ether oxygens (including phenoxy) is 3. The lowest BCUT2D eigenvalue weighted by Gasteiger charge is -2.41. The van der Waals surface area contributed by atoms with Gasteiger partial charge in [-0.25, -0.2) is 0 Å². The van der Waals surface area contributed by atoms with Gasteiger partial charge in [0, 0.05) is 18.3 Å². The third kappa shape index (κ3) is 5.80. The van der Waals surface area contributed by atoms with Crippen molar-refractivity contribution >= 4 is 6.29 Å². The van der Waals surface area contributed by atoms with Gasteiger partial charge in [0.15, 0.2) is 5.79 Å². The van der Waals surface area contributed by atoms with Crippen molar-refractivity contribution in [3.05, 3.63) is 35.9 Å². The Balaban J connectivity index is 1.77. The predicted molar refractivity (Wildman–Crippen MR) is 87.6 cm³/mol. The van der Waals surface area contributed by atoms with Crippen LogP contribution in [0.4, 0.5) is 0 Å². The maximum atomic E-state index is 10.9. The molecule has 0 aromatic heterocycles. The van der Waals surface area contributed by atoms with Crippen LogP contribution >= 0.6 is 0 Å². The second-order valence-electron chi connectivity index (χ2n) is 6.36. The van der Waals surface area contributed by atoms with Crippen LogP contribution in [0.25, 0.3) is 0 Å². The van der Waals surface area contributed by atoms with Gasteiger partial charge in [0.2, 0.25) is 0 Å². The zero-order chi connectivity index (χ0) is 16.6. The minimum atomic E-state index is -0.585. The molecule has 1 aromatic rings. The van der Waals surface area contributed by atoms with E-state index in [9.17, 15) is 4.79 Å². The van der Waals surface area contributed by atoms with E-state index in [0.717, 1.165) is 11.8 Å². The maximum absolute atomic E-state index is 10.9. The Morgan fingerprint density at radius 1 is 1.17 bits per heavy atom. The van der Waals surface area contributed by atoms with Crippen LogP contribution in [-0.2, 0) is 25.6 Å². The number of carbonyl (C=O) groups excluding carboxylic acids is 1. The molecule has 4 nitrogen and oxygen atoms in total. The molecule has 4 heteroatoms. The van der Waals surface area contributed by atoms with Crippen LogP contribution in [0.15, 0.2) is 30.3 Å². The Morgan fingerprint density at radius 3 is 2.52 bits per heavy atom. The van der Waals surface area contributed by atoms with Crippen LogP contribution in [-0.4, -0.2) is 31.9 Å². The quantitative estimate of drug-likeness (QED) is 0.460. The first kappa shape index (κ1) is 17.7. The summed E-state index contributed by atoms with van der Waals surface area (Å²) in [5.74, 6) is 5.52. The van der Waals surface area contributed by atoms with Crippen molar-refractivity contribution < 1.29 is 19.0 Å². The Labute approximate surface area is 138 Å².